The summed E-state index contributed by atoms with van der Waals surface area (Å²) in [6.45, 7) is 0. The van der Waals surface area contributed by atoms with Gasteiger partial charge in [0, 0.05) is 11.8 Å². The number of rotatable bonds is 2. The fourth-order valence-corrected chi connectivity index (χ4v) is 2.26. The normalized spacial score (nSPS) is 9.76. The zero-order chi connectivity index (χ0) is 17.3. The van der Waals surface area contributed by atoms with Crippen LogP contribution in [0.4, 0.5) is 5.95 Å². The molecule has 0 saturated heterocycles. The summed E-state index contributed by atoms with van der Waals surface area (Å²) in [5, 5.41) is 0. The van der Waals surface area contributed by atoms with Gasteiger partial charge in [0.05, 0.1) is 5.69 Å². The van der Waals surface area contributed by atoms with Crippen LogP contribution < -0.4 is 5.73 Å². The van der Waals surface area contributed by atoms with E-state index in [0.29, 0.717) is 0 Å². The van der Waals surface area contributed by atoms with Crippen molar-refractivity contribution in [2.45, 2.75) is 0 Å². The Bertz CT molecular complexity index is 842. The van der Waals surface area contributed by atoms with Crippen molar-refractivity contribution in [2.24, 2.45) is 0 Å². The van der Waals surface area contributed by atoms with Crippen LogP contribution in [0.2, 0.25) is 0 Å². The summed E-state index contributed by atoms with van der Waals surface area (Å²) in [6.07, 6.45) is 4.56. The zero-order valence-electron chi connectivity index (χ0n) is 13.5. The first-order valence-corrected chi connectivity index (χ1v) is 7.77. The number of anilines is 1. The summed E-state index contributed by atoms with van der Waals surface area (Å²) in [4.78, 5) is 15.0. The highest BCUT2D eigenvalue weighted by Crippen LogP contribution is 2.23. The Morgan fingerprint density at radius 3 is 1.76 bits per heavy atom. The molecule has 4 aromatic rings. The van der Waals surface area contributed by atoms with Gasteiger partial charge in [-0.3, -0.25) is 4.98 Å². The topological polar surface area (TPSA) is 77.6 Å². The van der Waals surface area contributed by atoms with E-state index in [2.05, 4.69) is 62.4 Å². The van der Waals surface area contributed by atoms with Gasteiger partial charge in [0.25, 0.3) is 0 Å². The Balaban J connectivity index is 0.000000219. The molecule has 0 amide bonds. The smallest absolute Gasteiger partial charge is 0.222 e. The van der Waals surface area contributed by atoms with Gasteiger partial charge in [-0.25, -0.2) is 15.0 Å². The molecule has 25 heavy (non-hydrogen) atoms. The molecule has 0 spiro atoms. The maximum Gasteiger partial charge on any atom is 0.222 e. The Labute approximate surface area is 146 Å². The van der Waals surface area contributed by atoms with Gasteiger partial charge in [-0.1, -0.05) is 60.7 Å². The Morgan fingerprint density at radius 1 is 0.600 bits per heavy atom. The van der Waals surface area contributed by atoms with Gasteiger partial charge in [-0.2, -0.15) is 0 Å². The molecule has 5 nitrogen and oxygen atoms in total. The molecule has 0 saturated carbocycles. The molecule has 0 aliphatic carbocycles. The Morgan fingerprint density at radius 2 is 1.20 bits per heavy atom. The van der Waals surface area contributed by atoms with Crippen LogP contribution in [0.1, 0.15) is 0 Å². The monoisotopic (exact) mass is 327 g/mol. The van der Waals surface area contributed by atoms with Crippen molar-refractivity contribution in [3.8, 4) is 22.4 Å². The molecule has 0 unspecified atom stereocenters. The molecule has 4 rings (SSSR count). The molecule has 0 radical (unpaired) electrons. The van der Waals surface area contributed by atoms with Crippen molar-refractivity contribution in [3.05, 3.63) is 91.6 Å². The first-order chi connectivity index (χ1) is 12.3. The standard InChI is InChI=1S/C17H13N.C3H4N4/c1-3-7-14(8-4-1)16-11-12-18-17(13-16)15-9-5-2-6-10-15;4-3-6-1-5-2-7-3/h1-13H;1-2H,(H2,4,5,6,7). The van der Waals surface area contributed by atoms with Crippen molar-refractivity contribution >= 4 is 5.95 Å². The number of nitrogen functional groups attached to an aromatic ring is 1. The highest BCUT2D eigenvalue weighted by molar-refractivity contribution is 5.70. The molecule has 122 valence electrons. The van der Waals surface area contributed by atoms with E-state index in [0.717, 1.165) is 11.3 Å². The molecule has 0 bridgehead atoms. The molecule has 2 N–H and O–H groups in total. The second-order valence-electron chi connectivity index (χ2n) is 5.16. The molecule has 2 heterocycles. The molecular weight excluding hydrogens is 310 g/mol. The number of hydrogen-bond acceptors (Lipinski definition) is 5. The van der Waals surface area contributed by atoms with Crippen LogP contribution in [0.25, 0.3) is 22.4 Å². The lowest BCUT2D eigenvalue weighted by atomic mass is 10.0. The fourth-order valence-electron chi connectivity index (χ4n) is 2.26. The van der Waals surface area contributed by atoms with Crippen LogP contribution in [0, 0.1) is 0 Å². The van der Waals surface area contributed by atoms with Gasteiger partial charge in [-0.05, 0) is 23.3 Å². The van der Waals surface area contributed by atoms with Crippen molar-refractivity contribution in [1.82, 2.24) is 19.9 Å². The second kappa shape index (κ2) is 8.31. The maximum atomic E-state index is 5.10. The molecule has 0 fully saturated rings. The SMILES string of the molecule is Nc1ncncn1.c1ccc(-c2ccnc(-c3ccccc3)c2)cc1. The van der Waals surface area contributed by atoms with Gasteiger partial charge < -0.3 is 5.73 Å². The lowest BCUT2D eigenvalue weighted by Crippen LogP contribution is -1.92. The van der Waals surface area contributed by atoms with Crippen LogP contribution in [-0.2, 0) is 0 Å². The van der Waals surface area contributed by atoms with Gasteiger partial charge in [0.2, 0.25) is 5.95 Å². The lowest BCUT2D eigenvalue weighted by Gasteiger charge is -2.04. The summed E-state index contributed by atoms with van der Waals surface area (Å²) >= 11 is 0. The van der Waals surface area contributed by atoms with Gasteiger partial charge in [0.1, 0.15) is 12.7 Å². The first-order valence-electron chi connectivity index (χ1n) is 7.77. The number of benzene rings is 2. The summed E-state index contributed by atoms with van der Waals surface area (Å²) in [5.41, 5.74) is 9.67. The minimum Gasteiger partial charge on any atom is -0.368 e. The number of aromatic nitrogens is 4. The van der Waals surface area contributed by atoms with E-state index in [1.807, 2.05) is 36.5 Å². The second-order valence-corrected chi connectivity index (χ2v) is 5.16. The highest BCUT2D eigenvalue weighted by Gasteiger charge is 2.01. The fraction of sp³-hybridized carbons (Fsp3) is 0. The number of nitrogens with zero attached hydrogens (tertiary/aromatic N) is 4. The highest BCUT2D eigenvalue weighted by atomic mass is 15.0. The maximum absolute atomic E-state index is 5.10. The van der Waals surface area contributed by atoms with E-state index >= 15 is 0 Å². The van der Waals surface area contributed by atoms with Gasteiger partial charge in [-0.15, -0.1) is 0 Å². The minimum absolute atomic E-state index is 0.259. The Kier molecular flexibility index (Phi) is 5.40. The van der Waals surface area contributed by atoms with E-state index in [4.69, 9.17) is 5.73 Å². The quantitative estimate of drug-likeness (QED) is 0.605. The summed E-state index contributed by atoms with van der Waals surface area (Å²) in [5.74, 6) is 0.259. The predicted molar refractivity (Wildman–Crippen MR) is 99.3 cm³/mol. The van der Waals surface area contributed by atoms with Crippen LogP contribution in [-0.4, -0.2) is 19.9 Å². The zero-order valence-corrected chi connectivity index (χ0v) is 13.5. The van der Waals surface area contributed by atoms with Gasteiger partial charge in [0.15, 0.2) is 0 Å². The van der Waals surface area contributed by atoms with Crippen LogP contribution in [0.5, 0.6) is 0 Å². The van der Waals surface area contributed by atoms with Crippen molar-refractivity contribution < 1.29 is 0 Å². The summed E-state index contributed by atoms with van der Waals surface area (Å²) < 4.78 is 0. The lowest BCUT2D eigenvalue weighted by molar-refractivity contribution is 1.06. The van der Waals surface area contributed by atoms with Gasteiger partial charge >= 0.3 is 0 Å². The van der Waals surface area contributed by atoms with E-state index in [1.165, 1.54) is 23.8 Å². The summed E-state index contributed by atoms with van der Waals surface area (Å²) in [6, 6.07) is 24.8. The Hall–Kier alpha value is -3.60. The third kappa shape index (κ3) is 4.68. The average molecular weight is 327 g/mol. The van der Waals surface area contributed by atoms with E-state index in [1.54, 1.807) is 0 Å². The van der Waals surface area contributed by atoms with Crippen LogP contribution in [0.3, 0.4) is 0 Å². The molecule has 2 aromatic heterocycles. The van der Waals surface area contributed by atoms with Crippen molar-refractivity contribution in [1.29, 1.82) is 0 Å². The number of hydrogen-bond donors (Lipinski definition) is 1. The number of pyridine rings is 1. The molecular formula is C20H17N5. The van der Waals surface area contributed by atoms with Crippen molar-refractivity contribution in [2.75, 3.05) is 5.73 Å². The molecule has 0 aliphatic rings. The minimum atomic E-state index is 0.259. The van der Waals surface area contributed by atoms with Crippen LogP contribution >= 0.6 is 0 Å². The van der Waals surface area contributed by atoms with E-state index in [9.17, 15) is 0 Å². The average Bonchev–Trinajstić information content (AvgIpc) is 2.71. The number of nitrogens with two attached hydrogens (primary N) is 1. The molecule has 0 atom stereocenters. The molecule has 5 heteroatoms. The van der Waals surface area contributed by atoms with E-state index < -0.39 is 0 Å². The largest absolute Gasteiger partial charge is 0.368 e. The third-order valence-electron chi connectivity index (χ3n) is 3.45. The first kappa shape index (κ1) is 16.3. The van der Waals surface area contributed by atoms with E-state index in [-0.39, 0.29) is 5.95 Å². The third-order valence-corrected chi connectivity index (χ3v) is 3.45. The van der Waals surface area contributed by atoms with Crippen molar-refractivity contribution in [3.63, 3.8) is 0 Å². The summed E-state index contributed by atoms with van der Waals surface area (Å²) in [7, 11) is 0. The molecule has 0 aliphatic heterocycles. The molecule has 2 aromatic carbocycles. The predicted octanol–water partition coefficient (Wildman–Crippen LogP) is 3.87. The van der Waals surface area contributed by atoms with Crippen LogP contribution in [0.15, 0.2) is 91.6 Å².